The van der Waals surface area contributed by atoms with Gasteiger partial charge in [0, 0.05) is 11.4 Å². The van der Waals surface area contributed by atoms with Crippen LogP contribution in [0, 0.1) is 0 Å². The lowest BCUT2D eigenvalue weighted by Gasteiger charge is -2.09. The molecular formula is C20H18N2O2. The van der Waals surface area contributed by atoms with Gasteiger partial charge in [0.1, 0.15) is 5.75 Å². The molecule has 0 saturated heterocycles. The minimum absolute atomic E-state index is 0.285. The average molecular weight is 318 g/mol. The molecule has 0 bridgehead atoms. The maximum Gasteiger partial charge on any atom is 0.323 e. The third-order valence-corrected chi connectivity index (χ3v) is 3.60. The average Bonchev–Trinajstić information content (AvgIpc) is 2.64. The van der Waals surface area contributed by atoms with E-state index in [2.05, 4.69) is 22.8 Å². The largest absolute Gasteiger partial charge is 0.497 e. The quantitative estimate of drug-likeness (QED) is 0.710. The zero-order chi connectivity index (χ0) is 16.8. The van der Waals surface area contributed by atoms with Crippen molar-refractivity contribution in [1.29, 1.82) is 0 Å². The maximum atomic E-state index is 12.0. The number of carbonyl (C=O) groups is 1. The minimum atomic E-state index is -0.285. The Kier molecular flexibility index (Phi) is 4.77. The molecule has 0 fully saturated rings. The lowest BCUT2D eigenvalue weighted by molar-refractivity contribution is 0.262. The Morgan fingerprint density at radius 2 is 1.21 bits per heavy atom. The van der Waals surface area contributed by atoms with E-state index in [1.807, 2.05) is 42.5 Å². The molecule has 24 heavy (non-hydrogen) atoms. The van der Waals surface area contributed by atoms with Gasteiger partial charge in [0.2, 0.25) is 0 Å². The molecule has 3 aromatic carbocycles. The van der Waals surface area contributed by atoms with Crippen LogP contribution in [-0.2, 0) is 0 Å². The molecule has 2 amide bonds. The van der Waals surface area contributed by atoms with Crippen molar-refractivity contribution in [2.45, 2.75) is 0 Å². The number of ether oxygens (including phenoxy) is 1. The molecule has 0 heterocycles. The molecule has 0 aliphatic carbocycles. The topological polar surface area (TPSA) is 50.4 Å². The molecule has 0 saturated carbocycles. The van der Waals surface area contributed by atoms with Crippen molar-refractivity contribution < 1.29 is 9.53 Å². The lowest BCUT2D eigenvalue weighted by Crippen LogP contribution is -2.19. The van der Waals surface area contributed by atoms with Crippen LogP contribution in [0.2, 0.25) is 0 Å². The summed E-state index contributed by atoms with van der Waals surface area (Å²) >= 11 is 0. The first-order valence-corrected chi connectivity index (χ1v) is 7.62. The molecule has 0 atom stereocenters. The van der Waals surface area contributed by atoms with Crippen molar-refractivity contribution in [3.05, 3.63) is 78.9 Å². The molecule has 0 radical (unpaired) electrons. The maximum absolute atomic E-state index is 12.0. The van der Waals surface area contributed by atoms with Crippen molar-refractivity contribution in [3.8, 4) is 16.9 Å². The van der Waals surface area contributed by atoms with E-state index in [0.717, 1.165) is 22.6 Å². The number of hydrogen-bond acceptors (Lipinski definition) is 2. The van der Waals surface area contributed by atoms with Gasteiger partial charge in [-0.1, -0.05) is 42.5 Å². The van der Waals surface area contributed by atoms with Gasteiger partial charge in [-0.25, -0.2) is 4.79 Å². The number of methoxy groups -OCH3 is 1. The molecule has 0 aromatic heterocycles. The fraction of sp³-hybridized carbons (Fsp3) is 0.0500. The standard InChI is InChI=1S/C20H18N2O2/c1-24-19-13-11-18(12-14-19)22-20(23)21-17-9-7-16(8-10-17)15-5-3-2-4-6-15/h2-14H,1H3,(H2,21,22,23). The zero-order valence-electron chi connectivity index (χ0n) is 13.3. The first-order valence-electron chi connectivity index (χ1n) is 7.62. The highest BCUT2D eigenvalue weighted by Gasteiger charge is 2.03. The van der Waals surface area contributed by atoms with Gasteiger partial charge >= 0.3 is 6.03 Å². The van der Waals surface area contributed by atoms with E-state index in [1.165, 1.54) is 0 Å². The monoisotopic (exact) mass is 318 g/mol. The van der Waals surface area contributed by atoms with Crippen molar-refractivity contribution >= 4 is 17.4 Å². The number of nitrogens with one attached hydrogen (secondary N) is 2. The molecular weight excluding hydrogens is 300 g/mol. The summed E-state index contributed by atoms with van der Waals surface area (Å²) in [5, 5.41) is 5.60. The van der Waals surface area contributed by atoms with E-state index in [9.17, 15) is 4.79 Å². The smallest absolute Gasteiger partial charge is 0.323 e. The van der Waals surface area contributed by atoms with Crippen LogP contribution >= 0.6 is 0 Å². The molecule has 3 aromatic rings. The van der Waals surface area contributed by atoms with Crippen LogP contribution in [0.3, 0.4) is 0 Å². The number of rotatable bonds is 4. The molecule has 120 valence electrons. The van der Waals surface area contributed by atoms with E-state index in [4.69, 9.17) is 4.74 Å². The summed E-state index contributed by atoms with van der Waals surface area (Å²) in [6.07, 6.45) is 0. The summed E-state index contributed by atoms with van der Waals surface area (Å²) in [4.78, 5) is 12.0. The number of amides is 2. The highest BCUT2D eigenvalue weighted by atomic mass is 16.5. The van der Waals surface area contributed by atoms with Crippen LogP contribution in [0.4, 0.5) is 16.2 Å². The Morgan fingerprint density at radius 3 is 1.75 bits per heavy atom. The summed E-state index contributed by atoms with van der Waals surface area (Å²) in [6.45, 7) is 0. The van der Waals surface area contributed by atoms with E-state index in [0.29, 0.717) is 5.69 Å². The van der Waals surface area contributed by atoms with Gasteiger partial charge in [-0.05, 0) is 47.5 Å². The zero-order valence-corrected chi connectivity index (χ0v) is 13.3. The fourth-order valence-corrected chi connectivity index (χ4v) is 2.34. The first kappa shape index (κ1) is 15.6. The summed E-state index contributed by atoms with van der Waals surface area (Å²) in [7, 11) is 1.61. The van der Waals surface area contributed by atoms with Crippen LogP contribution in [0.5, 0.6) is 5.75 Å². The normalized spacial score (nSPS) is 10.0. The number of hydrogen-bond donors (Lipinski definition) is 2. The van der Waals surface area contributed by atoms with Crippen molar-refractivity contribution in [2.24, 2.45) is 0 Å². The second kappa shape index (κ2) is 7.33. The van der Waals surface area contributed by atoms with Crippen LogP contribution in [0.25, 0.3) is 11.1 Å². The Balaban J connectivity index is 1.62. The van der Waals surface area contributed by atoms with E-state index < -0.39 is 0 Å². The second-order valence-corrected chi connectivity index (χ2v) is 5.25. The Hall–Kier alpha value is -3.27. The molecule has 0 unspecified atom stereocenters. The first-order chi connectivity index (χ1) is 11.7. The number of carbonyl (C=O) groups excluding carboxylic acids is 1. The molecule has 0 spiro atoms. The van der Waals surface area contributed by atoms with Crippen LogP contribution < -0.4 is 15.4 Å². The van der Waals surface area contributed by atoms with E-state index >= 15 is 0 Å². The SMILES string of the molecule is COc1ccc(NC(=O)Nc2ccc(-c3ccccc3)cc2)cc1. The molecule has 4 nitrogen and oxygen atoms in total. The summed E-state index contributed by atoms with van der Waals surface area (Å²) in [5.74, 6) is 0.748. The van der Waals surface area contributed by atoms with Crippen LogP contribution in [0.1, 0.15) is 0 Å². The Bertz CT molecular complexity index is 797. The van der Waals surface area contributed by atoms with E-state index in [-0.39, 0.29) is 6.03 Å². The van der Waals surface area contributed by atoms with Gasteiger partial charge in [0.15, 0.2) is 0 Å². The van der Waals surface area contributed by atoms with Gasteiger partial charge in [-0.15, -0.1) is 0 Å². The molecule has 3 rings (SSSR count). The Morgan fingerprint density at radius 1 is 0.708 bits per heavy atom. The molecule has 0 aliphatic rings. The van der Waals surface area contributed by atoms with Crippen LogP contribution in [0.15, 0.2) is 78.9 Å². The van der Waals surface area contributed by atoms with Crippen molar-refractivity contribution in [3.63, 3.8) is 0 Å². The number of anilines is 2. The molecule has 4 heteroatoms. The Labute approximate surface area is 141 Å². The van der Waals surface area contributed by atoms with Crippen LogP contribution in [-0.4, -0.2) is 13.1 Å². The van der Waals surface area contributed by atoms with Gasteiger partial charge in [-0.3, -0.25) is 0 Å². The predicted octanol–water partition coefficient (Wildman–Crippen LogP) is 5.01. The third-order valence-electron chi connectivity index (χ3n) is 3.60. The summed E-state index contributed by atoms with van der Waals surface area (Å²) in [6, 6.07) is 24.7. The summed E-state index contributed by atoms with van der Waals surface area (Å²) < 4.78 is 5.09. The predicted molar refractivity (Wildman–Crippen MR) is 97.5 cm³/mol. The van der Waals surface area contributed by atoms with Crippen molar-refractivity contribution in [2.75, 3.05) is 17.7 Å². The molecule has 2 N–H and O–H groups in total. The second-order valence-electron chi connectivity index (χ2n) is 5.25. The highest BCUT2D eigenvalue weighted by Crippen LogP contribution is 2.21. The fourth-order valence-electron chi connectivity index (χ4n) is 2.34. The summed E-state index contributed by atoms with van der Waals surface area (Å²) in [5.41, 5.74) is 3.69. The number of urea groups is 1. The molecule has 0 aliphatic heterocycles. The highest BCUT2D eigenvalue weighted by molar-refractivity contribution is 5.99. The van der Waals surface area contributed by atoms with E-state index in [1.54, 1.807) is 31.4 Å². The lowest BCUT2D eigenvalue weighted by atomic mass is 10.1. The number of benzene rings is 3. The van der Waals surface area contributed by atoms with Gasteiger partial charge in [-0.2, -0.15) is 0 Å². The minimum Gasteiger partial charge on any atom is -0.497 e. The van der Waals surface area contributed by atoms with Gasteiger partial charge in [0.05, 0.1) is 7.11 Å². The third kappa shape index (κ3) is 3.93. The van der Waals surface area contributed by atoms with Gasteiger partial charge < -0.3 is 15.4 Å². The van der Waals surface area contributed by atoms with Crippen molar-refractivity contribution in [1.82, 2.24) is 0 Å². The van der Waals surface area contributed by atoms with Gasteiger partial charge in [0.25, 0.3) is 0 Å².